The number of carboxylic acids is 1. The third kappa shape index (κ3) is 5.16. The molecule has 2 N–H and O–H groups in total. The van der Waals surface area contributed by atoms with E-state index in [0.29, 0.717) is 25.7 Å². The number of nitrogens with one attached hydrogen (secondary N) is 1. The van der Waals surface area contributed by atoms with Gasteiger partial charge in [-0.05, 0) is 25.7 Å². The molecule has 1 atom stereocenters. The molecule has 0 radical (unpaired) electrons. The summed E-state index contributed by atoms with van der Waals surface area (Å²) >= 11 is 0. The minimum Gasteiger partial charge on any atom is -0.481 e. The van der Waals surface area contributed by atoms with Gasteiger partial charge in [0.1, 0.15) is 0 Å². The van der Waals surface area contributed by atoms with Crippen LogP contribution in [0.4, 0.5) is 0 Å². The van der Waals surface area contributed by atoms with Crippen LogP contribution in [0, 0.1) is 0 Å². The van der Waals surface area contributed by atoms with E-state index < -0.39 is 5.97 Å². The fourth-order valence-corrected chi connectivity index (χ4v) is 2.34. The number of nitrogens with zero attached hydrogens (tertiary/aromatic N) is 1. The Morgan fingerprint density at radius 3 is 2.68 bits per heavy atom. The van der Waals surface area contributed by atoms with Gasteiger partial charge in [0.05, 0.1) is 19.1 Å². The standard InChI is InChI=1S/C13H22N2O4/c16-12(14-8-11-2-1-7-19-11)9-15(10-3-4-10)6-5-13(17)18/h10-11H,1-9H2,(H,14,16)(H,17,18). The van der Waals surface area contributed by atoms with Crippen LogP contribution in [0.1, 0.15) is 32.1 Å². The van der Waals surface area contributed by atoms with Gasteiger partial charge in [-0.15, -0.1) is 0 Å². The normalized spacial score (nSPS) is 22.7. The van der Waals surface area contributed by atoms with Gasteiger partial charge in [-0.1, -0.05) is 0 Å². The molecule has 1 unspecified atom stereocenters. The zero-order valence-electron chi connectivity index (χ0n) is 11.1. The summed E-state index contributed by atoms with van der Waals surface area (Å²) in [6.45, 7) is 2.10. The highest BCUT2D eigenvalue weighted by Crippen LogP contribution is 2.26. The molecule has 1 saturated heterocycles. The zero-order chi connectivity index (χ0) is 13.7. The lowest BCUT2D eigenvalue weighted by Crippen LogP contribution is -2.41. The number of hydrogen-bond donors (Lipinski definition) is 2. The predicted molar refractivity (Wildman–Crippen MR) is 68.8 cm³/mol. The lowest BCUT2D eigenvalue weighted by atomic mass is 10.2. The van der Waals surface area contributed by atoms with Gasteiger partial charge in [0.2, 0.25) is 5.91 Å². The fourth-order valence-electron chi connectivity index (χ4n) is 2.34. The maximum atomic E-state index is 11.8. The van der Waals surface area contributed by atoms with Crippen LogP contribution in [0.25, 0.3) is 0 Å². The summed E-state index contributed by atoms with van der Waals surface area (Å²) < 4.78 is 5.44. The molecule has 6 heteroatoms. The average Bonchev–Trinajstić information content (AvgIpc) is 3.08. The van der Waals surface area contributed by atoms with Crippen molar-refractivity contribution in [2.45, 2.75) is 44.2 Å². The van der Waals surface area contributed by atoms with Gasteiger partial charge in [-0.3, -0.25) is 14.5 Å². The molecule has 2 fully saturated rings. The van der Waals surface area contributed by atoms with E-state index >= 15 is 0 Å². The van der Waals surface area contributed by atoms with Crippen LogP contribution in [0.15, 0.2) is 0 Å². The Bertz CT molecular complexity index is 325. The van der Waals surface area contributed by atoms with E-state index in [1.165, 1.54) is 0 Å². The number of carboxylic acid groups (broad SMARTS) is 1. The number of rotatable bonds is 8. The van der Waals surface area contributed by atoms with Gasteiger partial charge in [0, 0.05) is 25.7 Å². The Morgan fingerprint density at radius 1 is 1.32 bits per heavy atom. The molecule has 0 spiro atoms. The Morgan fingerprint density at radius 2 is 2.11 bits per heavy atom. The Hall–Kier alpha value is -1.14. The first-order valence-electron chi connectivity index (χ1n) is 6.99. The van der Waals surface area contributed by atoms with Crippen LogP contribution >= 0.6 is 0 Å². The van der Waals surface area contributed by atoms with E-state index in [4.69, 9.17) is 9.84 Å². The molecule has 0 aromatic rings. The number of carbonyl (C=O) groups is 2. The maximum Gasteiger partial charge on any atom is 0.304 e. The van der Waals surface area contributed by atoms with Crippen molar-refractivity contribution >= 4 is 11.9 Å². The van der Waals surface area contributed by atoms with E-state index in [2.05, 4.69) is 5.32 Å². The monoisotopic (exact) mass is 270 g/mol. The molecule has 19 heavy (non-hydrogen) atoms. The van der Waals surface area contributed by atoms with Crippen molar-refractivity contribution < 1.29 is 19.4 Å². The summed E-state index contributed by atoms with van der Waals surface area (Å²) in [5.74, 6) is -0.849. The van der Waals surface area contributed by atoms with Crippen LogP contribution in [0.2, 0.25) is 0 Å². The summed E-state index contributed by atoms with van der Waals surface area (Å²) in [7, 11) is 0. The summed E-state index contributed by atoms with van der Waals surface area (Å²) in [6.07, 6.45) is 4.45. The maximum absolute atomic E-state index is 11.8. The zero-order valence-corrected chi connectivity index (χ0v) is 11.1. The van der Waals surface area contributed by atoms with E-state index in [9.17, 15) is 9.59 Å². The van der Waals surface area contributed by atoms with Gasteiger partial charge in [-0.25, -0.2) is 0 Å². The van der Waals surface area contributed by atoms with Crippen molar-refractivity contribution in [2.75, 3.05) is 26.2 Å². The molecule has 1 amide bonds. The van der Waals surface area contributed by atoms with Crippen molar-refractivity contribution in [3.8, 4) is 0 Å². The molecular formula is C13H22N2O4. The van der Waals surface area contributed by atoms with Crippen molar-refractivity contribution in [1.29, 1.82) is 0 Å². The predicted octanol–water partition coefficient (Wildman–Crippen LogP) is 0.221. The molecule has 1 saturated carbocycles. The number of carbonyl (C=O) groups excluding carboxylic acids is 1. The van der Waals surface area contributed by atoms with Gasteiger partial charge >= 0.3 is 5.97 Å². The highest BCUT2D eigenvalue weighted by atomic mass is 16.5. The number of amides is 1. The molecule has 2 aliphatic rings. The first-order valence-corrected chi connectivity index (χ1v) is 6.99. The quantitative estimate of drug-likeness (QED) is 0.659. The molecule has 1 aliphatic carbocycles. The molecule has 6 nitrogen and oxygen atoms in total. The summed E-state index contributed by atoms with van der Waals surface area (Å²) in [6, 6.07) is 0.396. The van der Waals surface area contributed by atoms with Crippen molar-refractivity contribution in [2.24, 2.45) is 0 Å². The summed E-state index contributed by atoms with van der Waals surface area (Å²) in [4.78, 5) is 24.4. The first kappa shape index (κ1) is 14.3. The van der Waals surface area contributed by atoms with Gasteiger partial charge in [0.25, 0.3) is 0 Å². The SMILES string of the molecule is O=C(O)CCN(CC(=O)NCC1CCCO1)C1CC1. The average molecular weight is 270 g/mol. The second-order valence-corrected chi connectivity index (χ2v) is 5.28. The van der Waals surface area contributed by atoms with Crippen molar-refractivity contribution in [3.63, 3.8) is 0 Å². The molecule has 1 aliphatic heterocycles. The van der Waals surface area contributed by atoms with Gasteiger partial charge in [0.15, 0.2) is 0 Å². The number of hydrogen-bond acceptors (Lipinski definition) is 4. The van der Waals surface area contributed by atoms with E-state index in [1.54, 1.807) is 0 Å². The van der Waals surface area contributed by atoms with Crippen LogP contribution in [0.3, 0.4) is 0 Å². The van der Waals surface area contributed by atoms with Crippen molar-refractivity contribution in [3.05, 3.63) is 0 Å². The molecule has 1 heterocycles. The Balaban J connectivity index is 1.67. The summed E-state index contributed by atoms with van der Waals surface area (Å²) in [5, 5.41) is 11.6. The largest absolute Gasteiger partial charge is 0.481 e. The smallest absolute Gasteiger partial charge is 0.304 e. The lowest BCUT2D eigenvalue weighted by Gasteiger charge is -2.21. The van der Waals surface area contributed by atoms with E-state index in [1.807, 2.05) is 4.90 Å². The van der Waals surface area contributed by atoms with Crippen LogP contribution < -0.4 is 5.32 Å². The van der Waals surface area contributed by atoms with Gasteiger partial charge < -0.3 is 15.2 Å². The topological polar surface area (TPSA) is 78.9 Å². The minimum absolute atomic E-state index is 0.0345. The van der Waals surface area contributed by atoms with E-state index in [0.717, 1.165) is 32.3 Å². The lowest BCUT2D eigenvalue weighted by molar-refractivity contribution is -0.137. The van der Waals surface area contributed by atoms with Crippen LogP contribution in [-0.2, 0) is 14.3 Å². The first-order chi connectivity index (χ1) is 9.15. The molecule has 2 rings (SSSR count). The highest BCUT2D eigenvalue weighted by molar-refractivity contribution is 5.78. The Labute approximate surface area is 113 Å². The van der Waals surface area contributed by atoms with Crippen LogP contribution in [0.5, 0.6) is 0 Å². The fraction of sp³-hybridized carbons (Fsp3) is 0.846. The Kier molecular flexibility index (Phi) is 5.15. The summed E-state index contributed by atoms with van der Waals surface area (Å²) in [5.41, 5.74) is 0. The van der Waals surface area contributed by atoms with Crippen LogP contribution in [-0.4, -0.2) is 60.3 Å². The highest BCUT2D eigenvalue weighted by Gasteiger charge is 2.30. The molecular weight excluding hydrogens is 248 g/mol. The molecule has 108 valence electrons. The van der Waals surface area contributed by atoms with E-state index in [-0.39, 0.29) is 18.4 Å². The molecule has 0 aromatic carbocycles. The molecule has 0 bridgehead atoms. The number of aliphatic carboxylic acids is 1. The van der Waals surface area contributed by atoms with Crippen molar-refractivity contribution in [1.82, 2.24) is 10.2 Å². The van der Waals surface area contributed by atoms with Gasteiger partial charge in [-0.2, -0.15) is 0 Å². The second-order valence-electron chi connectivity index (χ2n) is 5.28. The molecule has 0 aromatic heterocycles. The minimum atomic E-state index is -0.814. The third-order valence-electron chi connectivity index (χ3n) is 3.57. The number of ether oxygens (including phenoxy) is 1. The third-order valence-corrected chi connectivity index (χ3v) is 3.57. The second kappa shape index (κ2) is 6.86.